The standard InChI is InChI=1S/C15H18N4OS/c1-9(2)8-20-15-17-6-5-13(19-15)12(7-16)14-18-10(3)11(4)21-14/h5-6,10-12H,1,8H2,2-4H3. The van der Waals surface area contributed by atoms with Gasteiger partial charge in [-0.15, -0.1) is 11.8 Å². The van der Waals surface area contributed by atoms with Gasteiger partial charge in [0.25, 0.3) is 0 Å². The maximum Gasteiger partial charge on any atom is 0.316 e. The smallest absolute Gasteiger partial charge is 0.316 e. The minimum absolute atomic E-state index is 0.224. The first-order chi connectivity index (χ1) is 10.0. The Morgan fingerprint density at radius 3 is 2.90 bits per heavy atom. The lowest BCUT2D eigenvalue weighted by Gasteiger charge is -2.10. The van der Waals surface area contributed by atoms with Gasteiger partial charge in [0.15, 0.2) is 0 Å². The zero-order valence-electron chi connectivity index (χ0n) is 12.4. The van der Waals surface area contributed by atoms with Crippen molar-refractivity contribution in [1.29, 1.82) is 5.26 Å². The SMILES string of the molecule is C=C(C)COc1nccc(C(C#N)C2=NC(C)C(C)S2)n1. The third-order valence-electron chi connectivity index (χ3n) is 3.09. The van der Waals surface area contributed by atoms with Crippen molar-refractivity contribution in [2.45, 2.75) is 38.0 Å². The fourth-order valence-electron chi connectivity index (χ4n) is 1.79. The Kier molecular flexibility index (Phi) is 4.97. The van der Waals surface area contributed by atoms with Crippen molar-refractivity contribution in [3.8, 4) is 12.1 Å². The molecule has 1 aliphatic rings. The zero-order valence-corrected chi connectivity index (χ0v) is 13.2. The van der Waals surface area contributed by atoms with Crippen molar-refractivity contribution in [2.75, 3.05) is 6.61 Å². The number of rotatable bonds is 5. The van der Waals surface area contributed by atoms with Crippen LogP contribution >= 0.6 is 11.8 Å². The molecule has 0 bridgehead atoms. The molecule has 0 fully saturated rings. The van der Waals surface area contributed by atoms with Gasteiger partial charge < -0.3 is 4.74 Å². The van der Waals surface area contributed by atoms with Gasteiger partial charge in [-0.05, 0) is 25.5 Å². The van der Waals surface area contributed by atoms with E-state index in [1.54, 1.807) is 24.0 Å². The van der Waals surface area contributed by atoms with Crippen LogP contribution in [0.15, 0.2) is 29.4 Å². The van der Waals surface area contributed by atoms with Gasteiger partial charge in [0.05, 0.1) is 22.8 Å². The summed E-state index contributed by atoms with van der Waals surface area (Å²) in [4.78, 5) is 12.9. The molecule has 1 aliphatic heterocycles. The van der Waals surface area contributed by atoms with Crippen LogP contribution in [0.25, 0.3) is 0 Å². The number of aromatic nitrogens is 2. The highest BCUT2D eigenvalue weighted by atomic mass is 32.2. The monoisotopic (exact) mass is 302 g/mol. The summed E-state index contributed by atoms with van der Waals surface area (Å²) in [5.74, 6) is -0.461. The number of aliphatic imine (C=N–C) groups is 1. The Morgan fingerprint density at radius 2 is 2.33 bits per heavy atom. The molecule has 6 heteroatoms. The Bertz CT molecular complexity index is 608. The predicted octanol–water partition coefficient (Wildman–Crippen LogP) is 2.96. The van der Waals surface area contributed by atoms with Crippen molar-refractivity contribution < 1.29 is 4.74 Å². The van der Waals surface area contributed by atoms with Gasteiger partial charge in [0, 0.05) is 11.4 Å². The van der Waals surface area contributed by atoms with Crippen molar-refractivity contribution >= 4 is 16.8 Å². The molecule has 1 aromatic heterocycles. The summed E-state index contributed by atoms with van der Waals surface area (Å²) in [7, 11) is 0. The molecule has 3 unspecified atom stereocenters. The molecular formula is C15H18N4OS. The van der Waals surface area contributed by atoms with Crippen LogP contribution in [0.4, 0.5) is 0 Å². The van der Waals surface area contributed by atoms with Gasteiger partial charge in [-0.1, -0.05) is 13.5 Å². The summed E-state index contributed by atoms with van der Waals surface area (Å²) in [6, 6.07) is 4.50. The molecule has 0 spiro atoms. The van der Waals surface area contributed by atoms with Crippen LogP contribution in [-0.2, 0) is 0 Å². The highest BCUT2D eigenvalue weighted by Crippen LogP contribution is 2.33. The van der Waals surface area contributed by atoms with E-state index in [2.05, 4.69) is 41.5 Å². The highest BCUT2D eigenvalue weighted by Gasteiger charge is 2.30. The van der Waals surface area contributed by atoms with Gasteiger partial charge in [-0.3, -0.25) is 4.99 Å². The van der Waals surface area contributed by atoms with Gasteiger partial charge >= 0.3 is 6.01 Å². The molecule has 110 valence electrons. The average Bonchev–Trinajstić information content (AvgIpc) is 2.77. The van der Waals surface area contributed by atoms with Gasteiger partial charge in [-0.2, -0.15) is 10.2 Å². The molecular weight excluding hydrogens is 284 g/mol. The van der Waals surface area contributed by atoms with Crippen molar-refractivity contribution in [3.05, 3.63) is 30.1 Å². The molecule has 0 aromatic carbocycles. The molecule has 3 atom stereocenters. The first-order valence-corrected chi connectivity index (χ1v) is 7.63. The summed E-state index contributed by atoms with van der Waals surface area (Å²) in [6.45, 7) is 10.2. The third kappa shape index (κ3) is 3.82. The van der Waals surface area contributed by atoms with Crippen molar-refractivity contribution in [3.63, 3.8) is 0 Å². The summed E-state index contributed by atoms with van der Waals surface area (Å²) < 4.78 is 5.43. The number of thioether (sulfide) groups is 1. The van der Waals surface area contributed by atoms with Crippen LogP contribution < -0.4 is 4.74 Å². The minimum atomic E-state index is -0.461. The van der Waals surface area contributed by atoms with E-state index in [1.807, 2.05) is 6.92 Å². The van der Waals surface area contributed by atoms with Crippen LogP contribution in [0.3, 0.4) is 0 Å². The predicted molar refractivity (Wildman–Crippen MR) is 84.6 cm³/mol. The van der Waals surface area contributed by atoms with Crippen LogP contribution in [0, 0.1) is 11.3 Å². The zero-order chi connectivity index (χ0) is 15.4. The molecule has 21 heavy (non-hydrogen) atoms. The van der Waals surface area contributed by atoms with E-state index in [0.717, 1.165) is 10.6 Å². The molecule has 2 rings (SSSR count). The third-order valence-corrected chi connectivity index (χ3v) is 4.44. The summed E-state index contributed by atoms with van der Waals surface area (Å²) in [5, 5.41) is 10.7. The molecule has 0 saturated heterocycles. The van der Waals surface area contributed by atoms with E-state index in [4.69, 9.17) is 4.74 Å². The number of nitriles is 1. The molecule has 0 amide bonds. The second-order valence-electron chi connectivity index (χ2n) is 5.10. The molecule has 2 heterocycles. The lowest BCUT2D eigenvalue weighted by Crippen LogP contribution is -2.10. The Hall–Kier alpha value is -1.87. The average molecular weight is 302 g/mol. The van der Waals surface area contributed by atoms with E-state index in [1.165, 1.54) is 0 Å². The molecule has 0 radical (unpaired) electrons. The molecule has 0 N–H and O–H groups in total. The molecule has 0 aliphatic carbocycles. The van der Waals surface area contributed by atoms with Crippen molar-refractivity contribution in [1.82, 2.24) is 9.97 Å². The van der Waals surface area contributed by atoms with Crippen LogP contribution in [0.1, 0.15) is 32.4 Å². The normalized spacial score (nSPS) is 22.3. The number of hydrogen-bond acceptors (Lipinski definition) is 6. The second-order valence-corrected chi connectivity index (χ2v) is 6.50. The van der Waals surface area contributed by atoms with Crippen LogP contribution in [-0.4, -0.2) is 32.9 Å². The largest absolute Gasteiger partial charge is 0.459 e. The van der Waals surface area contributed by atoms with E-state index >= 15 is 0 Å². The Labute approximate surface area is 129 Å². The van der Waals surface area contributed by atoms with Crippen molar-refractivity contribution in [2.24, 2.45) is 4.99 Å². The fourth-order valence-corrected chi connectivity index (χ4v) is 2.96. The van der Waals surface area contributed by atoms with Crippen LogP contribution in [0.5, 0.6) is 6.01 Å². The van der Waals surface area contributed by atoms with E-state index in [-0.39, 0.29) is 12.1 Å². The van der Waals surface area contributed by atoms with Crippen LogP contribution in [0.2, 0.25) is 0 Å². The maximum absolute atomic E-state index is 9.46. The maximum atomic E-state index is 9.46. The first-order valence-electron chi connectivity index (χ1n) is 6.75. The molecule has 5 nitrogen and oxygen atoms in total. The number of nitrogens with zero attached hydrogens (tertiary/aromatic N) is 4. The molecule has 0 saturated carbocycles. The van der Waals surface area contributed by atoms with E-state index < -0.39 is 5.92 Å². The first kappa shape index (κ1) is 15.5. The van der Waals surface area contributed by atoms with Gasteiger partial charge in [0.2, 0.25) is 0 Å². The summed E-state index contributed by atoms with van der Waals surface area (Å²) >= 11 is 1.64. The lowest BCUT2D eigenvalue weighted by molar-refractivity contribution is 0.322. The summed E-state index contributed by atoms with van der Waals surface area (Å²) in [5.41, 5.74) is 1.51. The lowest BCUT2D eigenvalue weighted by atomic mass is 10.1. The highest BCUT2D eigenvalue weighted by molar-refractivity contribution is 8.14. The number of hydrogen-bond donors (Lipinski definition) is 0. The summed E-state index contributed by atoms with van der Waals surface area (Å²) in [6.07, 6.45) is 1.60. The van der Waals surface area contributed by atoms with E-state index in [9.17, 15) is 5.26 Å². The van der Waals surface area contributed by atoms with E-state index in [0.29, 0.717) is 17.6 Å². The van der Waals surface area contributed by atoms with Gasteiger partial charge in [0.1, 0.15) is 12.5 Å². The quantitative estimate of drug-likeness (QED) is 0.782. The molecule has 1 aromatic rings. The second kappa shape index (κ2) is 6.72. The fraction of sp³-hybridized carbons (Fsp3) is 0.467. The Balaban J connectivity index is 2.19. The topological polar surface area (TPSA) is 71.2 Å². The minimum Gasteiger partial charge on any atom is -0.459 e. The van der Waals surface area contributed by atoms with Gasteiger partial charge in [-0.25, -0.2) is 4.98 Å². The Morgan fingerprint density at radius 1 is 1.57 bits per heavy atom. The number of ether oxygens (including phenoxy) is 1.